The molecule has 2 aliphatic heterocycles. The molecule has 0 spiro atoms. The first-order valence-corrected chi connectivity index (χ1v) is 22.1. The van der Waals surface area contributed by atoms with Crippen LogP contribution in [0.25, 0.3) is 42.1 Å². The van der Waals surface area contributed by atoms with Gasteiger partial charge in [0.1, 0.15) is 11.2 Å². The van der Waals surface area contributed by atoms with Crippen LogP contribution in [0.5, 0.6) is 0 Å². The van der Waals surface area contributed by atoms with Gasteiger partial charge in [0, 0.05) is 63.2 Å². The molecule has 13 rings (SSSR count). The Labute approximate surface area is 341 Å². The van der Waals surface area contributed by atoms with E-state index in [-0.39, 0.29) is 12.1 Å². The molecule has 0 saturated heterocycles. The first kappa shape index (κ1) is 32.8. The van der Waals surface area contributed by atoms with Crippen LogP contribution in [0, 0.1) is 17.8 Å². The van der Waals surface area contributed by atoms with E-state index in [4.69, 9.17) is 4.42 Å². The molecular weight excluding hydrogens is 732 g/mol. The molecule has 0 amide bonds. The first-order chi connectivity index (χ1) is 27.6. The van der Waals surface area contributed by atoms with Crippen LogP contribution in [0.2, 0.25) is 0 Å². The monoisotopic (exact) mass is 772 g/mol. The van der Waals surface area contributed by atoms with Crippen LogP contribution in [0.3, 0.4) is 0 Å². The summed E-state index contributed by atoms with van der Waals surface area (Å²) in [7, 11) is 0. The van der Waals surface area contributed by atoms with Crippen molar-refractivity contribution < 1.29 is 4.42 Å². The molecule has 0 N–H and O–H groups in total. The van der Waals surface area contributed by atoms with Crippen molar-refractivity contribution in [3.8, 4) is 0 Å². The quantitative estimate of drug-likeness (QED) is 0.163. The molecule has 0 bridgehead atoms. The standard InChI is InChI=1S/C51H41BN2OS2/c1-28-17-39-45-40(18-28)54(34-15-16-42-36(23-34)35-13-9-10-14-41(35)55-42)47-38-20-30-25-51(4,5)27-32(30)22-44(38)57-49(47)52(45)48-46(53(39)33-11-7-6-8-12-33)37-19-29-24-50(2,3)26-31(29)21-43(37)56-48/h6-23H,24-27H2,1-5H3. The largest absolute Gasteiger partial charge is 0.456 e. The highest BCUT2D eigenvalue weighted by molar-refractivity contribution is 7.40. The zero-order chi connectivity index (χ0) is 38.1. The molecule has 2 aliphatic carbocycles. The molecular formula is C51H41BN2OS2. The molecule has 3 aromatic heterocycles. The van der Waals surface area contributed by atoms with Crippen molar-refractivity contribution in [2.24, 2.45) is 10.8 Å². The fourth-order valence-electron chi connectivity index (χ4n) is 11.2. The molecule has 0 unspecified atom stereocenters. The van der Waals surface area contributed by atoms with E-state index < -0.39 is 0 Å². The lowest BCUT2D eigenvalue weighted by atomic mass is 9.39. The van der Waals surface area contributed by atoms with E-state index in [2.05, 4.69) is 154 Å². The number of anilines is 6. The average molecular weight is 773 g/mol. The lowest BCUT2D eigenvalue weighted by molar-refractivity contribution is 0.392. The van der Waals surface area contributed by atoms with Gasteiger partial charge >= 0.3 is 0 Å². The molecule has 5 heterocycles. The summed E-state index contributed by atoms with van der Waals surface area (Å²) in [4.78, 5) is 5.24. The van der Waals surface area contributed by atoms with Crippen LogP contribution in [-0.4, -0.2) is 6.71 Å². The molecule has 276 valence electrons. The van der Waals surface area contributed by atoms with Gasteiger partial charge in [-0.05, 0) is 150 Å². The summed E-state index contributed by atoms with van der Waals surface area (Å²) in [6.07, 6.45) is 4.52. The van der Waals surface area contributed by atoms with E-state index in [0.29, 0.717) is 5.41 Å². The van der Waals surface area contributed by atoms with Crippen molar-refractivity contribution in [3.63, 3.8) is 0 Å². The minimum Gasteiger partial charge on any atom is -0.456 e. The number of para-hydroxylation sites is 2. The number of hydrogen-bond acceptors (Lipinski definition) is 5. The summed E-state index contributed by atoms with van der Waals surface area (Å²) in [6.45, 7) is 12.1. The number of rotatable bonds is 2. The molecule has 9 aromatic rings. The number of nitrogens with zero attached hydrogens (tertiary/aromatic N) is 2. The predicted octanol–water partition coefficient (Wildman–Crippen LogP) is 12.7. The van der Waals surface area contributed by atoms with E-state index in [1.807, 2.05) is 22.7 Å². The van der Waals surface area contributed by atoms with E-state index >= 15 is 0 Å². The third-order valence-corrected chi connectivity index (χ3v) is 15.8. The highest BCUT2D eigenvalue weighted by atomic mass is 32.1. The summed E-state index contributed by atoms with van der Waals surface area (Å²) >= 11 is 4.07. The van der Waals surface area contributed by atoms with Crippen LogP contribution in [0.15, 0.2) is 114 Å². The van der Waals surface area contributed by atoms with Crippen LogP contribution in [0.1, 0.15) is 55.5 Å². The molecule has 3 nitrogen and oxygen atoms in total. The zero-order valence-electron chi connectivity index (χ0n) is 32.9. The molecule has 57 heavy (non-hydrogen) atoms. The molecule has 0 fully saturated rings. The van der Waals surface area contributed by atoms with Crippen molar-refractivity contribution in [2.45, 2.75) is 60.3 Å². The minimum absolute atomic E-state index is 0.127. The number of furan rings is 1. The average Bonchev–Trinajstić information content (AvgIpc) is 3.97. The topological polar surface area (TPSA) is 19.6 Å². The SMILES string of the molecule is Cc1cc2c3c(c1)N(c1ccc4oc5ccccc5c4c1)c1c(sc4cc5c(cc14)CC(C)(C)C5)B3c1sc3cc4c(cc3c1N2c1ccccc1)CC(C)(C)C4. The third-order valence-electron chi connectivity index (χ3n) is 13.4. The third kappa shape index (κ3) is 4.54. The highest BCUT2D eigenvalue weighted by Crippen LogP contribution is 2.53. The first-order valence-electron chi connectivity index (χ1n) is 20.5. The predicted molar refractivity (Wildman–Crippen MR) is 246 cm³/mol. The van der Waals surface area contributed by atoms with Gasteiger partial charge in [0.2, 0.25) is 0 Å². The number of benzene rings is 6. The molecule has 6 aromatic carbocycles. The zero-order valence-corrected chi connectivity index (χ0v) is 34.6. The molecule has 0 radical (unpaired) electrons. The maximum atomic E-state index is 6.39. The Morgan fingerprint density at radius 1 is 0.526 bits per heavy atom. The molecule has 0 atom stereocenters. The summed E-state index contributed by atoms with van der Waals surface area (Å²) in [5, 5.41) is 5.09. The second kappa shape index (κ2) is 11.0. The van der Waals surface area contributed by atoms with Crippen LogP contribution in [0.4, 0.5) is 34.1 Å². The van der Waals surface area contributed by atoms with E-state index in [1.54, 1.807) is 0 Å². The van der Waals surface area contributed by atoms with Crippen LogP contribution in [-0.2, 0) is 25.7 Å². The molecule has 6 heteroatoms. The Hall–Kier alpha value is -5.30. The van der Waals surface area contributed by atoms with Crippen LogP contribution < -0.4 is 24.8 Å². The van der Waals surface area contributed by atoms with E-state index in [0.717, 1.165) is 47.6 Å². The van der Waals surface area contributed by atoms with Gasteiger partial charge in [-0.1, -0.05) is 64.1 Å². The van der Waals surface area contributed by atoms with Gasteiger partial charge in [0.05, 0.1) is 11.4 Å². The highest BCUT2D eigenvalue weighted by Gasteiger charge is 2.47. The number of thiophene rings is 2. The van der Waals surface area contributed by atoms with Gasteiger partial charge in [-0.15, -0.1) is 22.7 Å². The Balaban J connectivity index is 1.14. The smallest absolute Gasteiger partial charge is 0.277 e. The van der Waals surface area contributed by atoms with Crippen LogP contribution >= 0.6 is 22.7 Å². The maximum Gasteiger partial charge on any atom is 0.277 e. The normalized spacial score (nSPS) is 17.1. The Kier molecular flexibility index (Phi) is 6.32. The Bertz CT molecular complexity index is 3240. The number of aryl methyl sites for hydroxylation is 1. The lowest BCUT2D eigenvalue weighted by Gasteiger charge is -2.42. The second-order valence-electron chi connectivity index (χ2n) is 18.8. The lowest BCUT2D eigenvalue weighted by Crippen LogP contribution is -2.59. The fraction of sp³-hybridized carbons (Fsp3) is 0.216. The Morgan fingerprint density at radius 2 is 1.05 bits per heavy atom. The number of fused-ring (bicyclic) bond motifs is 13. The van der Waals surface area contributed by atoms with Gasteiger partial charge in [0.15, 0.2) is 0 Å². The molecule has 0 saturated carbocycles. The minimum atomic E-state index is 0.127. The van der Waals surface area contributed by atoms with Gasteiger partial charge < -0.3 is 14.2 Å². The van der Waals surface area contributed by atoms with E-state index in [1.165, 1.54) is 97.1 Å². The van der Waals surface area contributed by atoms with Crippen molar-refractivity contribution in [3.05, 3.63) is 137 Å². The van der Waals surface area contributed by atoms with Crippen molar-refractivity contribution >= 4 is 121 Å². The molecule has 4 aliphatic rings. The van der Waals surface area contributed by atoms with Crippen molar-refractivity contribution in [1.82, 2.24) is 0 Å². The summed E-state index contributed by atoms with van der Waals surface area (Å²) in [5.41, 5.74) is 18.9. The van der Waals surface area contributed by atoms with Gasteiger partial charge in [-0.2, -0.15) is 0 Å². The van der Waals surface area contributed by atoms with Gasteiger partial charge in [0.25, 0.3) is 6.71 Å². The second-order valence-corrected chi connectivity index (χ2v) is 21.0. The fourth-order valence-corrected chi connectivity index (χ4v) is 14.0. The number of hydrogen-bond donors (Lipinski definition) is 0. The maximum absolute atomic E-state index is 6.39. The van der Waals surface area contributed by atoms with E-state index in [9.17, 15) is 0 Å². The summed E-state index contributed by atoms with van der Waals surface area (Å²) in [5.74, 6) is 0. The van der Waals surface area contributed by atoms with Gasteiger partial charge in [-0.25, -0.2) is 0 Å². The summed E-state index contributed by atoms with van der Waals surface area (Å²) < 4.78 is 12.1. The van der Waals surface area contributed by atoms with Crippen molar-refractivity contribution in [1.29, 1.82) is 0 Å². The summed E-state index contributed by atoms with van der Waals surface area (Å²) in [6, 6.07) is 41.6. The Morgan fingerprint density at radius 3 is 1.67 bits per heavy atom. The van der Waals surface area contributed by atoms with Gasteiger partial charge in [-0.3, -0.25) is 0 Å². The van der Waals surface area contributed by atoms with Crippen molar-refractivity contribution in [2.75, 3.05) is 9.80 Å².